The normalized spacial score (nSPS) is 20.7. The van der Waals surface area contributed by atoms with E-state index in [2.05, 4.69) is 18.5 Å². The van der Waals surface area contributed by atoms with Crippen molar-refractivity contribution in [2.45, 2.75) is 45.1 Å². The summed E-state index contributed by atoms with van der Waals surface area (Å²) < 4.78 is 0. The molecule has 0 heterocycles. The third kappa shape index (κ3) is 3.14. The molecule has 0 aromatic rings. The standard InChI is InChI=1S/C12H24N2OS/c1-3-10(8-16-2)14-11(15)12(9-13)6-4-5-7-12/h10H,3-9,13H2,1-2H3,(H,14,15). The van der Waals surface area contributed by atoms with E-state index in [1.54, 1.807) is 11.8 Å². The van der Waals surface area contributed by atoms with Gasteiger partial charge in [0.1, 0.15) is 0 Å². The summed E-state index contributed by atoms with van der Waals surface area (Å²) >= 11 is 1.78. The second-order valence-electron chi connectivity index (χ2n) is 4.73. The zero-order valence-electron chi connectivity index (χ0n) is 10.4. The van der Waals surface area contributed by atoms with Crippen molar-refractivity contribution in [2.24, 2.45) is 11.1 Å². The first kappa shape index (κ1) is 13.8. The summed E-state index contributed by atoms with van der Waals surface area (Å²) in [6, 6.07) is 0.298. The van der Waals surface area contributed by atoms with E-state index in [0.717, 1.165) is 37.9 Å². The fourth-order valence-corrected chi connectivity index (χ4v) is 3.10. The van der Waals surface area contributed by atoms with Crippen molar-refractivity contribution in [2.75, 3.05) is 18.6 Å². The molecule has 0 bridgehead atoms. The van der Waals surface area contributed by atoms with Crippen LogP contribution in [0, 0.1) is 5.41 Å². The Balaban J connectivity index is 2.54. The van der Waals surface area contributed by atoms with Crippen LogP contribution in [-0.4, -0.2) is 30.5 Å². The molecule has 0 radical (unpaired) electrons. The molecule has 1 amide bonds. The van der Waals surface area contributed by atoms with E-state index < -0.39 is 0 Å². The van der Waals surface area contributed by atoms with Crippen molar-refractivity contribution in [3.05, 3.63) is 0 Å². The lowest BCUT2D eigenvalue weighted by Crippen LogP contribution is -2.48. The lowest BCUT2D eigenvalue weighted by Gasteiger charge is -2.28. The van der Waals surface area contributed by atoms with Gasteiger partial charge in [-0.3, -0.25) is 4.79 Å². The van der Waals surface area contributed by atoms with E-state index in [1.165, 1.54) is 0 Å². The molecule has 94 valence electrons. The maximum absolute atomic E-state index is 12.2. The Labute approximate surface area is 103 Å². The lowest BCUT2D eigenvalue weighted by atomic mass is 9.85. The maximum Gasteiger partial charge on any atom is 0.227 e. The number of nitrogens with two attached hydrogens (primary N) is 1. The second-order valence-corrected chi connectivity index (χ2v) is 5.64. The van der Waals surface area contributed by atoms with E-state index in [1.807, 2.05) is 0 Å². The van der Waals surface area contributed by atoms with E-state index in [-0.39, 0.29) is 11.3 Å². The van der Waals surface area contributed by atoms with E-state index >= 15 is 0 Å². The zero-order valence-corrected chi connectivity index (χ0v) is 11.2. The van der Waals surface area contributed by atoms with Crippen LogP contribution in [0.2, 0.25) is 0 Å². The average molecular weight is 244 g/mol. The average Bonchev–Trinajstić information content (AvgIpc) is 2.78. The summed E-state index contributed by atoms with van der Waals surface area (Å²) in [5.74, 6) is 1.18. The van der Waals surface area contributed by atoms with Gasteiger partial charge in [0.25, 0.3) is 0 Å². The molecule has 1 aliphatic rings. The molecule has 3 N–H and O–H groups in total. The molecule has 0 aromatic heterocycles. The van der Waals surface area contributed by atoms with Gasteiger partial charge in [-0.25, -0.2) is 0 Å². The third-order valence-corrected chi connectivity index (χ3v) is 4.36. The monoisotopic (exact) mass is 244 g/mol. The smallest absolute Gasteiger partial charge is 0.227 e. The van der Waals surface area contributed by atoms with Gasteiger partial charge < -0.3 is 11.1 Å². The largest absolute Gasteiger partial charge is 0.352 e. The number of carbonyl (C=O) groups excluding carboxylic acids is 1. The minimum absolute atomic E-state index is 0.188. The van der Waals surface area contributed by atoms with Crippen molar-refractivity contribution in [3.8, 4) is 0 Å². The number of hydrogen-bond acceptors (Lipinski definition) is 3. The first-order valence-electron chi connectivity index (χ1n) is 6.18. The number of rotatable bonds is 6. The van der Waals surface area contributed by atoms with Crippen molar-refractivity contribution in [1.29, 1.82) is 0 Å². The molecule has 1 rings (SSSR count). The van der Waals surface area contributed by atoms with Gasteiger partial charge in [-0.2, -0.15) is 11.8 Å². The summed E-state index contributed by atoms with van der Waals surface area (Å²) in [6.45, 7) is 2.61. The fourth-order valence-electron chi connectivity index (χ4n) is 2.38. The third-order valence-electron chi connectivity index (χ3n) is 3.63. The number of thioether (sulfide) groups is 1. The Morgan fingerprint density at radius 1 is 1.50 bits per heavy atom. The number of amides is 1. The molecular weight excluding hydrogens is 220 g/mol. The highest BCUT2D eigenvalue weighted by molar-refractivity contribution is 7.98. The number of nitrogens with one attached hydrogen (secondary N) is 1. The van der Waals surface area contributed by atoms with Crippen molar-refractivity contribution < 1.29 is 4.79 Å². The van der Waals surface area contributed by atoms with Gasteiger partial charge in [-0.15, -0.1) is 0 Å². The highest BCUT2D eigenvalue weighted by Crippen LogP contribution is 2.37. The molecule has 1 aliphatic carbocycles. The van der Waals surface area contributed by atoms with Gasteiger partial charge in [0, 0.05) is 18.3 Å². The van der Waals surface area contributed by atoms with Crippen LogP contribution in [0.25, 0.3) is 0 Å². The number of hydrogen-bond donors (Lipinski definition) is 2. The van der Waals surface area contributed by atoms with E-state index in [4.69, 9.17) is 5.73 Å². The molecule has 1 unspecified atom stereocenters. The summed E-state index contributed by atoms with van der Waals surface area (Å²) in [5.41, 5.74) is 5.54. The van der Waals surface area contributed by atoms with Crippen LogP contribution in [0.1, 0.15) is 39.0 Å². The quantitative estimate of drug-likeness (QED) is 0.748. The molecule has 0 aromatic carbocycles. The molecule has 0 aliphatic heterocycles. The first-order chi connectivity index (χ1) is 7.68. The predicted molar refractivity (Wildman–Crippen MR) is 70.6 cm³/mol. The van der Waals surface area contributed by atoms with Crippen LogP contribution < -0.4 is 11.1 Å². The molecule has 1 saturated carbocycles. The minimum atomic E-state index is -0.258. The Morgan fingerprint density at radius 2 is 2.12 bits per heavy atom. The van der Waals surface area contributed by atoms with Crippen LogP contribution in [0.5, 0.6) is 0 Å². The highest BCUT2D eigenvalue weighted by atomic mass is 32.2. The molecule has 0 saturated heterocycles. The van der Waals surface area contributed by atoms with Crippen LogP contribution >= 0.6 is 11.8 Å². The molecule has 0 spiro atoms. The topological polar surface area (TPSA) is 55.1 Å². The van der Waals surface area contributed by atoms with Crippen molar-refractivity contribution in [1.82, 2.24) is 5.32 Å². The Morgan fingerprint density at radius 3 is 2.56 bits per heavy atom. The van der Waals surface area contributed by atoms with Gasteiger partial charge in [-0.1, -0.05) is 19.8 Å². The van der Waals surface area contributed by atoms with Crippen molar-refractivity contribution >= 4 is 17.7 Å². The summed E-state index contributed by atoms with van der Waals surface area (Å²) in [4.78, 5) is 12.2. The van der Waals surface area contributed by atoms with E-state index in [0.29, 0.717) is 12.6 Å². The fraction of sp³-hybridized carbons (Fsp3) is 0.917. The summed E-state index contributed by atoms with van der Waals surface area (Å²) in [7, 11) is 0. The zero-order chi connectivity index (χ0) is 12.0. The van der Waals surface area contributed by atoms with Gasteiger partial charge in [0.15, 0.2) is 0 Å². The van der Waals surface area contributed by atoms with Crippen molar-refractivity contribution in [3.63, 3.8) is 0 Å². The van der Waals surface area contributed by atoms with Gasteiger partial charge in [0.2, 0.25) is 5.91 Å². The Bertz CT molecular complexity index is 227. The molecule has 4 heteroatoms. The highest BCUT2D eigenvalue weighted by Gasteiger charge is 2.40. The maximum atomic E-state index is 12.2. The Kier molecular flexibility index (Phi) is 5.62. The second kappa shape index (κ2) is 6.50. The molecule has 1 fully saturated rings. The summed E-state index contributed by atoms with van der Waals surface area (Å²) in [6.07, 6.45) is 7.28. The van der Waals surface area contributed by atoms with Crippen LogP contribution in [0.3, 0.4) is 0 Å². The van der Waals surface area contributed by atoms with E-state index in [9.17, 15) is 4.79 Å². The minimum Gasteiger partial charge on any atom is -0.352 e. The van der Waals surface area contributed by atoms with Gasteiger partial charge in [-0.05, 0) is 25.5 Å². The van der Waals surface area contributed by atoms with Crippen LogP contribution in [0.4, 0.5) is 0 Å². The molecule has 3 nitrogen and oxygen atoms in total. The predicted octanol–water partition coefficient (Wildman–Crippen LogP) is 1.76. The SMILES string of the molecule is CCC(CSC)NC(=O)C1(CN)CCCC1. The van der Waals surface area contributed by atoms with Crippen LogP contribution in [0.15, 0.2) is 0 Å². The number of carbonyl (C=O) groups is 1. The Hall–Kier alpha value is -0.220. The van der Waals surface area contributed by atoms with Gasteiger partial charge in [0.05, 0.1) is 5.41 Å². The van der Waals surface area contributed by atoms with Crippen LogP contribution in [-0.2, 0) is 4.79 Å². The first-order valence-corrected chi connectivity index (χ1v) is 7.58. The summed E-state index contributed by atoms with van der Waals surface area (Å²) in [5, 5.41) is 3.16. The van der Waals surface area contributed by atoms with Gasteiger partial charge >= 0.3 is 0 Å². The molecular formula is C12H24N2OS. The lowest BCUT2D eigenvalue weighted by molar-refractivity contribution is -0.130. The molecule has 16 heavy (non-hydrogen) atoms. The molecule has 1 atom stereocenters.